The minimum Gasteiger partial charge on any atom is -0.370 e. The molecule has 6 heteroatoms. The Hall–Kier alpha value is -1.14. The molecular weight excluding hydrogens is 210 g/mol. The van der Waals surface area contributed by atoms with Crippen molar-refractivity contribution in [2.75, 3.05) is 33.4 Å². The van der Waals surface area contributed by atoms with Gasteiger partial charge in [0.1, 0.15) is 6.61 Å². The van der Waals surface area contributed by atoms with Crippen molar-refractivity contribution in [2.24, 2.45) is 5.73 Å². The zero-order valence-corrected chi connectivity index (χ0v) is 9.57. The van der Waals surface area contributed by atoms with Crippen LogP contribution in [0, 0.1) is 0 Å². The summed E-state index contributed by atoms with van der Waals surface area (Å²) in [6, 6.07) is -0.0788. The molecule has 0 spiro atoms. The first kappa shape index (κ1) is 12.9. The van der Waals surface area contributed by atoms with E-state index in [1.165, 1.54) is 0 Å². The van der Waals surface area contributed by atoms with E-state index in [0.717, 1.165) is 19.4 Å². The Labute approximate surface area is 95.1 Å². The quantitative estimate of drug-likeness (QED) is 0.554. The van der Waals surface area contributed by atoms with Crippen LogP contribution in [0.4, 0.5) is 0 Å². The summed E-state index contributed by atoms with van der Waals surface area (Å²) in [7, 11) is 1.79. The number of rotatable bonds is 6. The van der Waals surface area contributed by atoms with Gasteiger partial charge >= 0.3 is 0 Å². The molecule has 0 saturated carbocycles. The topological polar surface area (TPSA) is 84.7 Å². The smallest absolute Gasteiger partial charge is 0.243 e. The van der Waals surface area contributed by atoms with Crippen molar-refractivity contribution >= 4 is 11.8 Å². The second-order valence-electron chi connectivity index (χ2n) is 3.83. The van der Waals surface area contributed by atoms with Gasteiger partial charge in [-0.05, 0) is 19.9 Å². The van der Waals surface area contributed by atoms with Crippen molar-refractivity contribution in [1.29, 1.82) is 0 Å². The van der Waals surface area contributed by atoms with Gasteiger partial charge < -0.3 is 20.7 Å². The number of ether oxygens (including phenoxy) is 1. The van der Waals surface area contributed by atoms with E-state index in [1.807, 2.05) is 0 Å². The normalized spacial score (nSPS) is 21.2. The van der Waals surface area contributed by atoms with Crippen LogP contribution in [0.1, 0.15) is 12.8 Å². The number of carbonyl (C=O) groups excluding carboxylic acids is 2. The van der Waals surface area contributed by atoms with Gasteiger partial charge in [-0.25, -0.2) is 0 Å². The molecule has 0 bridgehead atoms. The average Bonchev–Trinajstić information content (AvgIpc) is 2.26. The minimum absolute atomic E-state index is 0.0788. The van der Waals surface area contributed by atoms with Gasteiger partial charge in [0, 0.05) is 13.1 Å². The van der Waals surface area contributed by atoms with Crippen molar-refractivity contribution < 1.29 is 14.3 Å². The van der Waals surface area contributed by atoms with Crippen LogP contribution in [0.2, 0.25) is 0 Å². The van der Waals surface area contributed by atoms with Crippen LogP contribution in [-0.2, 0) is 14.3 Å². The van der Waals surface area contributed by atoms with Gasteiger partial charge in [0.05, 0.1) is 12.6 Å². The molecule has 1 heterocycles. The van der Waals surface area contributed by atoms with Crippen LogP contribution in [0.25, 0.3) is 0 Å². The summed E-state index contributed by atoms with van der Waals surface area (Å²) in [5.74, 6) is -0.380. The molecule has 92 valence electrons. The van der Waals surface area contributed by atoms with E-state index in [9.17, 15) is 9.59 Å². The molecule has 16 heavy (non-hydrogen) atoms. The van der Waals surface area contributed by atoms with E-state index in [2.05, 4.69) is 5.32 Å². The van der Waals surface area contributed by atoms with Gasteiger partial charge in [0.2, 0.25) is 11.8 Å². The number of amides is 2. The van der Waals surface area contributed by atoms with Crippen LogP contribution < -0.4 is 11.1 Å². The van der Waals surface area contributed by atoms with Gasteiger partial charge in [-0.2, -0.15) is 0 Å². The second kappa shape index (κ2) is 6.44. The Morgan fingerprint density at radius 2 is 2.44 bits per heavy atom. The van der Waals surface area contributed by atoms with E-state index < -0.39 is 5.91 Å². The number of piperidine rings is 1. The van der Waals surface area contributed by atoms with Crippen LogP contribution in [0.15, 0.2) is 0 Å². The zero-order chi connectivity index (χ0) is 12.0. The molecule has 0 aromatic heterocycles. The van der Waals surface area contributed by atoms with Gasteiger partial charge in [0.25, 0.3) is 0 Å². The Bertz CT molecular complexity index is 258. The second-order valence-corrected chi connectivity index (χ2v) is 3.83. The van der Waals surface area contributed by atoms with Crippen molar-refractivity contribution in [2.45, 2.75) is 18.9 Å². The number of carbonyl (C=O) groups is 2. The highest BCUT2D eigenvalue weighted by Gasteiger charge is 2.26. The summed E-state index contributed by atoms with van der Waals surface area (Å²) in [6.07, 6.45) is 1.88. The molecule has 1 atom stereocenters. The third kappa shape index (κ3) is 3.79. The minimum atomic E-state index is -0.488. The predicted octanol–water partition coefficient (Wildman–Crippen LogP) is -1.30. The van der Waals surface area contributed by atoms with Crippen LogP contribution in [0.3, 0.4) is 0 Å². The fourth-order valence-corrected chi connectivity index (χ4v) is 1.78. The Kier molecular flexibility index (Phi) is 5.21. The summed E-state index contributed by atoms with van der Waals surface area (Å²) in [6.45, 7) is 1.55. The predicted molar refractivity (Wildman–Crippen MR) is 58.7 cm³/mol. The molecule has 1 saturated heterocycles. The monoisotopic (exact) mass is 229 g/mol. The number of likely N-dealkylation sites (tertiary alicyclic amines) is 1. The van der Waals surface area contributed by atoms with Gasteiger partial charge in [-0.3, -0.25) is 9.59 Å². The van der Waals surface area contributed by atoms with Gasteiger partial charge in [-0.15, -0.1) is 0 Å². The highest BCUT2D eigenvalue weighted by Crippen LogP contribution is 2.10. The maximum atomic E-state index is 11.8. The largest absolute Gasteiger partial charge is 0.370 e. The molecule has 1 aliphatic heterocycles. The van der Waals surface area contributed by atoms with Crippen molar-refractivity contribution in [3.63, 3.8) is 0 Å². The lowest BCUT2D eigenvalue weighted by molar-refractivity contribution is -0.136. The third-order valence-corrected chi connectivity index (χ3v) is 2.63. The Balaban J connectivity index is 2.25. The van der Waals surface area contributed by atoms with Gasteiger partial charge in [0.15, 0.2) is 0 Å². The average molecular weight is 229 g/mol. The number of likely N-dealkylation sites (N-methyl/N-ethyl adjacent to an activating group) is 1. The van der Waals surface area contributed by atoms with Crippen LogP contribution in [-0.4, -0.2) is 56.1 Å². The van der Waals surface area contributed by atoms with E-state index in [1.54, 1.807) is 11.9 Å². The van der Waals surface area contributed by atoms with Crippen LogP contribution >= 0.6 is 0 Å². The molecule has 3 N–H and O–H groups in total. The Morgan fingerprint density at radius 3 is 3.06 bits per heavy atom. The van der Waals surface area contributed by atoms with E-state index >= 15 is 0 Å². The highest BCUT2D eigenvalue weighted by atomic mass is 16.5. The molecule has 0 radical (unpaired) electrons. The maximum Gasteiger partial charge on any atom is 0.243 e. The Morgan fingerprint density at radius 1 is 1.69 bits per heavy atom. The fourth-order valence-electron chi connectivity index (χ4n) is 1.78. The first-order chi connectivity index (χ1) is 7.65. The number of nitrogens with one attached hydrogen (secondary N) is 1. The fraction of sp³-hybridized carbons (Fsp3) is 0.800. The molecule has 1 rings (SSSR count). The molecule has 1 unspecified atom stereocenters. The lowest BCUT2D eigenvalue weighted by atomic mass is 10.1. The molecule has 1 aliphatic rings. The first-order valence-corrected chi connectivity index (χ1v) is 5.47. The summed E-state index contributed by atoms with van der Waals surface area (Å²) in [5, 5.41) is 2.99. The van der Waals surface area contributed by atoms with Crippen molar-refractivity contribution in [3.05, 3.63) is 0 Å². The molecule has 1 fully saturated rings. The lowest BCUT2D eigenvalue weighted by Crippen LogP contribution is -2.50. The lowest BCUT2D eigenvalue weighted by Gasteiger charge is -2.31. The zero-order valence-electron chi connectivity index (χ0n) is 9.57. The molecule has 0 aromatic carbocycles. The van der Waals surface area contributed by atoms with Crippen molar-refractivity contribution in [3.8, 4) is 0 Å². The maximum absolute atomic E-state index is 11.8. The van der Waals surface area contributed by atoms with E-state index in [-0.39, 0.29) is 18.6 Å². The molecule has 0 aliphatic carbocycles. The van der Waals surface area contributed by atoms with Gasteiger partial charge in [-0.1, -0.05) is 0 Å². The number of hydrogen-bond acceptors (Lipinski definition) is 4. The summed E-state index contributed by atoms with van der Waals surface area (Å²) in [5.41, 5.74) is 4.93. The SMILES string of the molecule is CNC1CCCN(CCOCC(N)=O)C1=O. The van der Waals surface area contributed by atoms with E-state index in [0.29, 0.717) is 13.2 Å². The standard InChI is InChI=1S/C10H19N3O3/c1-12-8-3-2-4-13(10(8)15)5-6-16-7-9(11)14/h8,12H,2-7H2,1H3,(H2,11,14). The van der Waals surface area contributed by atoms with E-state index in [4.69, 9.17) is 10.5 Å². The molecule has 6 nitrogen and oxygen atoms in total. The third-order valence-electron chi connectivity index (χ3n) is 2.63. The number of primary amides is 1. The molecular formula is C10H19N3O3. The summed E-state index contributed by atoms with van der Waals surface area (Å²) < 4.78 is 5.03. The number of nitrogens with two attached hydrogens (primary N) is 1. The summed E-state index contributed by atoms with van der Waals surface area (Å²) >= 11 is 0. The number of hydrogen-bond donors (Lipinski definition) is 2. The molecule has 2 amide bonds. The first-order valence-electron chi connectivity index (χ1n) is 5.47. The number of nitrogens with zero attached hydrogens (tertiary/aromatic N) is 1. The molecule has 0 aromatic rings. The summed E-state index contributed by atoms with van der Waals surface area (Å²) in [4.78, 5) is 24.0. The van der Waals surface area contributed by atoms with Crippen molar-refractivity contribution in [1.82, 2.24) is 10.2 Å². The van der Waals surface area contributed by atoms with Crippen LogP contribution in [0.5, 0.6) is 0 Å². The highest BCUT2D eigenvalue weighted by molar-refractivity contribution is 5.82.